The highest BCUT2D eigenvalue weighted by atomic mass is 16.6. The number of hydrogen-bond donors (Lipinski definition) is 1. The third kappa shape index (κ3) is 6.67. The summed E-state index contributed by atoms with van der Waals surface area (Å²) in [5.41, 5.74) is 1.98. The van der Waals surface area contributed by atoms with Crippen LogP contribution in [0.25, 0.3) is 0 Å². The van der Waals surface area contributed by atoms with Gasteiger partial charge in [0.1, 0.15) is 12.6 Å². The minimum atomic E-state index is -0.733. The van der Waals surface area contributed by atoms with E-state index in [9.17, 15) is 9.59 Å². The van der Waals surface area contributed by atoms with Crippen LogP contribution in [-0.4, -0.2) is 24.7 Å². The number of benzene rings is 2. The van der Waals surface area contributed by atoms with E-state index >= 15 is 0 Å². The number of aryl methyl sites for hydroxylation is 1. The van der Waals surface area contributed by atoms with Crippen molar-refractivity contribution in [2.45, 2.75) is 32.4 Å². The maximum Gasteiger partial charge on any atom is 0.408 e. The lowest BCUT2D eigenvalue weighted by molar-refractivity contribution is -0.145. The molecule has 0 aliphatic heterocycles. The molecule has 5 nitrogen and oxygen atoms in total. The molecule has 25 heavy (non-hydrogen) atoms. The first-order chi connectivity index (χ1) is 12.2. The number of esters is 1. The number of rotatable bonds is 8. The third-order valence-electron chi connectivity index (χ3n) is 3.64. The largest absolute Gasteiger partial charge is 0.464 e. The van der Waals surface area contributed by atoms with Gasteiger partial charge in [0.15, 0.2) is 0 Å². The molecule has 2 aromatic rings. The van der Waals surface area contributed by atoms with E-state index in [0.29, 0.717) is 12.8 Å². The predicted octanol–water partition coefficient (Wildman–Crippen LogP) is 3.48. The summed E-state index contributed by atoms with van der Waals surface area (Å²) in [6, 6.07) is 18.4. The fraction of sp³-hybridized carbons (Fsp3) is 0.300. The zero-order valence-electron chi connectivity index (χ0n) is 14.3. The highest BCUT2D eigenvalue weighted by Crippen LogP contribution is 2.07. The van der Waals surface area contributed by atoms with Crippen molar-refractivity contribution in [3.63, 3.8) is 0 Å². The van der Waals surface area contributed by atoms with Crippen LogP contribution in [0.5, 0.6) is 0 Å². The van der Waals surface area contributed by atoms with Gasteiger partial charge in [-0.2, -0.15) is 0 Å². The summed E-state index contributed by atoms with van der Waals surface area (Å²) < 4.78 is 10.2. The second kappa shape index (κ2) is 10.1. The summed E-state index contributed by atoms with van der Waals surface area (Å²) in [5, 5.41) is 2.61. The lowest BCUT2D eigenvalue weighted by Crippen LogP contribution is -2.42. The Morgan fingerprint density at radius 2 is 1.52 bits per heavy atom. The van der Waals surface area contributed by atoms with Crippen LogP contribution in [0, 0.1) is 0 Å². The molecular weight excluding hydrogens is 318 g/mol. The summed E-state index contributed by atoms with van der Waals surface area (Å²) in [6.45, 7) is 2.15. The van der Waals surface area contributed by atoms with Gasteiger partial charge in [-0.1, -0.05) is 60.7 Å². The summed E-state index contributed by atoms with van der Waals surface area (Å²) in [4.78, 5) is 24.1. The maximum atomic E-state index is 12.1. The van der Waals surface area contributed by atoms with Crippen molar-refractivity contribution in [1.29, 1.82) is 0 Å². The Kier molecular flexibility index (Phi) is 7.50. The smallest absolute Gasteiger partial charge is 0.408 e. The third-order valence-corrected chi connectivity index (χ3v) is 3.64. The molecule has 5 heteroatoms. The standard InChI is InChI=1S/C20H23NO4/c1-2-24-19(22)18(14-13-16-9-5-3-6-10-16)21-20(23)25-15-17-11-7-4-8-12-17/h3-12,18H,2,13-15H2,1H3,(H,21,23). The number of carbonyl (C=O) groups excluding carboxylic acids is 2. The van der Waals surface area contributed by atoms with E-state index in [1.54, 1.807) is 6.92 Å². The molecule has 2 aromatic carbocycles. The van der Waals surface area contributed by atoms with Gasteiger partial charge in [0, 0.05) is 0 Å². The Morgan fingerprint density at radius 3 is 2.12 bits per heavy atom. The monoisotopic (exact) mass is 341 g/mol. The molecule has 132 valence electrons. The minimum Gasteiger partial charge on any atom is -0.464 e. The van der Waals surface area contributed by atoms with Crippen molar-refractivity contribution in [2.75, 3.05) is 6.61 Å². The van der Waals surface area contributed by atoms with E-state index in [-0.39, 0.29) is 13.2 Å². The molecular formula is C20H23NO4. The zero-order valence-corrected chi connectivity index (χ0v) is 14.3. The topological polar surface area (TPSA) is 64.6 Å². The van der Waals surface area contributed by atoms with Gasteiger partial charge in [-0.05, 0) is 30.9 Å². The van der Waals surface area contributed by atoms with E-state index in [4.69, 9.17) is 9.47 Å². The average Bonchev–Trinajstić information content (AvgIpc) is 2.65. The number of ether oxygens (including phenoxy) is 2. The Bertz CT molecular complexity index is 658. The molecule has 0 radical (unpaired) electrons. The molecule has 0 heterocycles. The number of amides is 1. The second-order valence-electron chi connectivity index (χ2n) is 5.53. The molecule has 0 aliphatic carbocycles. The summed E-state index contributed by atoms with van der Waals surface area (Å²) in [7, 11) is 0. The molecule has 0 aromatic heterocycles. The second-order valence-corrected chi connectivity index (χ2v) is 5.53. The highest BCUT2D eigenvalue weighted by molar-refractivity contribution is 5.81. The van der Waals surface area contributed by atoms with E-state index in [1.807, 2.05) is 60.7 Å². The first-order valence-corrected chi connectivity index (χ1v) is 8.37. The Balaban J connectivity index is 1.88. The van der Waals surface area contributed by atoms with E-state index in [1.165, 1.54) is 0 Å². The SMILES string of the molecule is CCOC(=O)C(CCc1ccccc1)NC(=O)OCc1ccccc1. The average molecular weight is 341 g/mol. The van der Waals surface area contributed by atoms with Crippen LogP contribution >= 0.6 is 0 Å². The van der Waals surface area contributed by atoms with Crippen molar-refractivity contribution in [3.8, 4) is 0 Å². The van der Waals surface area contributed by atoms with Gasteiger partial charge in [-0.25, -0.2) is 9.59 Å². The van der Waals surface area contributed by atoms with Crippen LogP contribution in [0.4, 0.5) is 4.79 Å². The van der Waals surface area contributed by atoms with Gasteiger partial charge in [-0.3, -0.25) is 0 Å². The van der Waals surface area contributed by atoms with Gasteiger partial charge in [-0.15, -0.1) is 0 Å². The summed E-state index contributed by atoms with van der Waals surface area (Å²) >= 11 is 0. The molecule has 0 bridgehead atoms. The molecule has 0 saturated carbocycles. The Morgan fingerprint density at radius 1 is 0.920 bits per heavy atom. The molecule has 1 atom stereocenters. The van der Waals surface area contributed by atoms with Crippen LogP contribution in [-0.2, 0) is 27.3 Å². The van der Waals surface area contributed by atoms with Crippen LogP contribution in [0.2, 0.25) is 0 Å². The van der Waals surface area contributed by atoms with Crippen LogP contribution < -0.4 is 5.32 Å². The van der Waals surface area contributed by atoms with Gasteiger partial charge < -0.3 is 14.8 Å². The summed E-state index contributed by atoms with van der Waals surface area (Å²) in [5.74, 6) is -0.449. The first-order valence-electron chi connectivity index (χ1n) is 8.37. The maximum absolute atomic E-state index is 12.1. The lowest BCUT2D eigenvalue weighted by atomic mass is 10.1. The van der Waals surface area contributed by atoms with Crippen molar-refractivity contribution >= 4 is 12.1 Å². The molecule has 0 aliphatic rings. The first kappa shape index (κ1) is 18.5. The molecule has 0 fully saturated rings. The fourth-order valence-corrected chi connectivity index (χ4v) is 2.35. The Labute approximate surface area is 148 Å². The normalized spacial score (nSPS) is 11.4. The zero-order chi connectivity index (χ0) is 17.9. The van der Waals surface area contributed by atoms with E-state index in [0.717, 1.165) is 11.1 Å². The molecule has 1 unspecified atom stereocenters. The van der Waals surface area contributed by atoms with Gasteiger partial charge in [0.25, 0.3) is 0 Å². The predicted molar refractivity (Wildman–Crippen MR) is 94.9 cm³/mol. The quantitative estimate of drug-likeness (QED) is 0.747. The van der Waals surface area contributed by atoms with Crippen molar-refractivity contribution < 1.29 is 19.1 Å². The van der Waals surface area contributed by atoms with Gasteiger partial charge >= 0.3 is 12.1 Å². The van der Waals surface area contributed by atoms with Crippen LogP contribution in [0.1, 0.15) is 24.5 Å². The van der Waals surface area contributed by atoms with Crippen molar-refractivity contribution in [2.24, 2.45) is 0 Å². The van der Waals surface area contributed by atoms with Crippen molar-refractivity contribution in [3.05, 3.63) is 71.8 Å². The molecule has 1 amide bonds. The lowest BCUT2D eigenvalue weighted by Gasteiger charge is -2.17. The number of hydrogen-bond acceptors (Lipinski definition) is 4. The van der Waals surface area contributed by atoms with Crippen LogP contribution in [0.15, 0.2) is 60.7 Å². The molecule has 1 N–H and O–H groups in total. The van der Waals surface area contributed by atoms with E-state index < -0.39 is 18.1 Å². The summed E-state index contributed by atoms with van der Waals surface area (Å²) in [6.07, 6.45) is 0.474. The van der Waals surface area contributed by atoms with Gasteiger partial charge in [0.2, 0.25) is 0 Å². The molecule has 0 spiro atoms. The van der Waals surface area contributed by atoms with Crippen LogP contribution in [0.3, 0.4) is 0 Å². The molecule has 2 rings (SSSR count). The number of nitrogens with one attached hydrogen (secondary N) is 1. The highest BCUT2D eigenvalue weighted by Gasteiger charge is 2.22. The molecule has 0 saturated heterocycles. The van der Waals surface area contributed by atoms with Crippen molar-refractivity contribution in [1.82, 2.24) is 5.32 Å². The Hall–Kier alpha value is -2.82. The number of alkyl carbamates (subject to hydrolysis) is 1. The number of carbonyl (C=O) groups is 2. The fourth-order valence-electron chi connectivity index (χ4n) is 2.35. The minimum absolute atomic E-state index is 0.154. The van der Waals surface area contributed by atoms with Gasteiger partial charge in [0.05, 0.1) is 6.61 Å². The van der Waals surface area contributed by atoms with E-state index in [2.05, 4.69) is 5.32 Å².